The van der Waals surface area contributed by atoms with Crippen molar-refractivity contribution in [1.29, 1.82) is 0 Å². The zero-order chi connectivity index (χ0) is 15.6. The highest BCUT2D eigenvalue weighted by molar-refractivity contribution is 4.94. The van der Waals surface area contributed by atoms with E-state index >= 15 is 0 Å². The van der Waals surface area contributed by atoms with Gasteiger partial charge in [0.25, 0.3) is 0 Å². The lowest BCUT2D eigenvalue weighted by Crippen LogP contribution is -2.60. The molecule has 0 aromatic heterocycles. The normalized spacial score (nSPS) is 33.0. The van der Waals surface area contributed by atoms with Gasteiger partial charge in [0.1, 0.15) is 0 Å². The first-order valence-corrected chi connectivity index (χ1v) is 8.47. The van der Waals surface area contributed by atoms with Gasteiger partial charge >= 0.3 is 0 Å². The van der Waals surface area contributed by atoms with Crippen LogP contribution >= 0.6 is 0 Å². The summed E-state index contributed by atoms with van der Waals surface area (Å²) in [5, 5.41) is 3.55. The van der Waals surface area contributed by atoms with E-state index in [1.54, 1.807) is 0 Å². The van der Waals surface area contributed by atoms with Gasteiger partial charge < -0.3 is 14.8 Å². The van der Waals surface area contributed by atoms with Crippen molar-refractivity contribution in [3.63, 3.8) is 0 Å². The maximum Gasteiger partial charge on any atom is 0.0760 e. The molecule has 4 heteroatoms. The molecule has 0 aliphatic carbocycles. The van der Waals surface area contributed by atoms with Crippen LogP contribution in [0.3, 0.4) is 0 Å². The Balaban J connectivity index is 2.05. The van der Waals surface area contributed by atoms with Crippen LogP contribution in [0, 0.1) is 5.41 Å². The Labute approximate surface area is 130 Å². The van der Waals surface area contributed by atoms with E-state index < -0.39 is 0 Å². The molecular weight excluding hydrogens is 264 g/mol. The lowest BCUT2D eigenvalue weighted by Gasteiger charge is -2.50. The van der Waals surface area contributed by atoms with Crippen molar-refractivity contribution in [1.82, 2.24) is 10.2 Å². The Morgan fingerprint density at radius 1 is 1.10 bits per heavy atom. The van der Waals surface area contributed by atoms with Crippen LogP contribution in [-0.4, -0.2) is 62.0 Å². The van der Waals surface area contributed by atoms with Crippen LogP contribution in [0.15, 0.2) is 0 Å². The Bertz CT molecular complexity index is 320. The van der Waals surface area contributed by atoms with Crippen LogP contribution in [0.25, 0.3) is 0 Å². The summed E-state index contributed by atoms with van der Waals surface area (Å²) in [5.41, 5.74) is 0.116. The van der Waals surface area contributed by atoms with E-state index in [2.05, 4.69) is 44.8 Å². The summed E-state index contributed by atoms with van der Waals surface area (Å²) >= 11 is 0. The second-order valence-electron chi connectivity index (χ2n) is 8.20. The van der Waals surface area contributed by atoms with E-state index in [-0.39, 0.29) is 16.6 Å². The molecule has 2 rings (SSSR count). The minimum Gasteiger partial charge on any atom is -0.381 e. The highest BCUT2D eigenvalue weighted by Crippen LogP contribution is 2.34. The fourth-order valence-electron chi connectivity index (χ4n) is 4.15. The fourth-order valence-corrected chi connectivity index (χ4v) is 4.15. The average molecular weight is 298 g/mol. The van der Waals surface area contributed by atoms with Gasteiger partial charge in [-0.05, 0) is 47.1 Å². The van der Waals surface area contributed by atoms with Crippen molar-refractivity contribution >= 4 is 0 Å². The van der Waals surface area contributed by atoms with E-state index in [1.165, 1.54) is 12.8 Å². The number of nitrogens with one attached hydrogen (secondary N) is 1. The molecule has 0 saturated carbocycles. The second kappa shape index (κ2) is 6.53. The van der Waals surface area contributed by atoms with Crippen LogP contribution in [-0.2, 0) is 9.47 Å². The SMILES string of the molecule is CCNCC1(CN2CC(C)(C)OC(C)(C)C2)CCCOC1. The first-order valence-electron chi connectivity index (χ1n) is 8.47. The van der Waals surface area contributed by atoms with E-state index in [4.69, 9.17) is 9.47 Å². The maximum absolute atomic E-state index is 6.21. The first kappa shape index (κ1) is 17.2. The molecule has 2 aliphatic heterocycles. The molecular formula is C17H34N2O2. The molecule has 124 valence electrons. The van der Waals surface area contributed by atoms with Crippen LogP contribution in [0.1, 0.15) is 47.5 Å². The molecule has 0 aromatic carbocycles. The van der Waals surface area contributed by atoms with Crippen molar-refractivity contribution in [2.45, 2.75) is 58.7 Å². The molecule has 2 heterocycles. The molecule has 2 fully saturated rings. The summed E-state index contributed by atoms with van der Waals surface area (Å²) in [4.78, 5) is 2.59. The quantitative estimate of drug-likeness (QED) is 0.844. The van der Waals surface area contributed by atoms with Crippen molar-refractivity contribution in [2.75, 3.05) is 45.9 Å². The van der Waals surface area contributed by atoms with Crippen LogP contribution in [0.2, 0.25) is 0 Å². The van der Waals surface area contributed by atoms with Crippen molar-refractivity contribution in [2.24, 2.45) is 5.41 Å². The monoisotopic (exact) mass is 298 g/mol. The average Bonchev–Trinajstić information content (AvgIpc) is 2.33. The predicted molar refractivity (Wildman–Crippen MR) is 86.7 cm³/mol. The van der Waals surface area contributed by atoms with Gasteiger partial charge in [-0.15, -0.1) is 0 Å². The molecule has 0 bridgehead atoms. The summed E-state index contributed by atoms with van der Waals surface area (Å²) in [6.07, 6.45) is 2.45. The molecule has 1 atom stereocenters. The smallest absolute Gasteiger partial charge is 0.0760 e. The van der Waals surface area contributed by atoms with Gasteiger partial charge in [-0.2, -0.15) is 0 Å². The third-order valence-electron chi connectivity index (χ3n) is 4.47. The number of hydrogen-bond acceptors (Lipinski definition) is 4. The van der Waals surface area contributed by atoms with E-state index in [0.29, 0.717) is 0 Å². The minimum absolute atomic E-state index is 0.0728. The summed E-state index contributed by atoms with van der Waals surface area (Å²) in [6, 6.07) is 0. The molecule has 0 aromatic rings. The van der Waals surface area contributed by atoms with Gasteiger partial charge in [-0.1, -0.05) is 6.92 Å². The van der Waals surface area contributed by atoms with Crippen LogP contribution in [0.4, 0.5) is 0 Å². The van der Waals surface area contributed by atoms with Crippen molar-refractivity contribution < 1.29 is 9.47 Å². The van der Waals surface area contributed by atoms with Crippen LogP contribution < -0.4 is 5.32 Å². The summed E-state index contributed by atoms with van der Waals surface area (Å²) in [6.45, 7) is 18.0. The molecule has 0 spiro atoms. The zero-order valence-corrected chi connectivity index (χ0v) is 14.6. The van der Waals surface area contributed by atoms with Gasteiger partial charge in [0.05, 0.1) is 17.8 Å². The summed E-state index contributed by atoms with van der Waals surface area (Å²) in [7, 11) is 0. The summed E-state index contributed by atoms with van der Waals surface area (Å²) < 4.78 is 12.0. The first-order chi connectivity index (χ1) is 9.76. The van der Waals surface area contributed by atoms with E-state index in [9.17, 15) is 0 Å². The highest BCUT2D eigenvalue weighted by Gasteiger charge is 2.42. The fraction of sp³-hybridized carbons (Fsp3) is 1.00. The minimum atomic E-state index is -0.0728. The van der Waals surface area contributed by atoms with Crippen molar-refractivity contribution in [3.8, 4) is 0 Å². The molecule has 2 saturated heterocycles. The lowest BCUT2D eigenvalue weighted by atomic mass is 9.81. The van der Waals surface area contributed by atoms with Gasteiger partial charge in [0.15, 0.2) is 0 Å². The number of hydrogen-bond donors (Lipinski definition) is 1. The third kappa shape index (κ3) is 4.92. The van der Waals surface area contributed by atoms with Crippen molar-refractivity contribution in [3.05, 3.63) is 0 Å². The molecule has 4 nitrogen and oxygen atoms in total. The zero-order valence-electron chi connectivity index (χ0n) is 14.6. The Hall–Kier alpha value is -0.160. The standard InChI is InChI=1S/C17H34N2O2/c1-6-18-10-17(8-7-9-20-14-17)13-19-11-15(2,3)21-16(4,5)12-19/h18H,6-14H2,1-5H3. The van der Waals surface area contributed by atoms with Gasteiger partial charge in [-0.25, -0.2) is 0 Å². The predicted octanol–water partition coefficient (Wildman–Crippen LogP) is 2.28. The number of rotatable bonds is 5. The second-order valence-corrected chi connectivity index (χ2v) is 8.20. The Morgan fingerprint density at radius 3 is 2.29 bits per heavy atom. The lowest BCUT2D eigenvalue weighted by molar-refractivity contribution is -0.188. The molecule has 2 aliphatic rings. The number of morpholine rings is 1. The largest absolute Gasteiger partial charge is 0.381 e. The number of ether oxygens (including phenoxy) is 2. The molecule has 1 N–H and O–H groups in total. The Kier molecular flexibility index (Phi) is 5.35. The number of nitrogens with zero attached hydrogens (tertiary/aromatic N) is 1. The third-order valence-corrected chi connectivity index (χ3v) is 4.47. The van der Waals surface area contributed by atoms with Gasteiger partial charge in [0, 0.05) is 38.2 Å². The highest BCUT2D eigenvalue weighted by atomic mass is 16.5. The molecule has 0 radical (unpaired) electrons. The van der Waals surface area contributed by atoms with Crippen LogP contribution in [0.5, 0.6) is 0 Å². The molecule has 21 heavy (non-hydrogen) atoms. The molecule has 0 amide bonds. The van der Waals surface area contributed by atoms with E-state index in [0.717, 1.165) is 45.9 Å². The molecule has 1 unspecified atom stereocenters. The topological polar surface area (TPSA) is 33.7 Å². The van der Waals surface area contributed by atoms with Gasteiger partial charge in [-0.3, -0.25) is 4.90 Å². The summed E-state index contributed by atoms with van der Waals surface area (Å²) in [5.74, 6) is 0. The maximum atomic E-state index is 6.21. The van der Waals surface area contributed by atoms with Gasteiger partial charge in [0.2, 0.25) is 0 Å². The Morgan fingerprint density at radius 2 is 1.76 bits per heavy atom. The van der Waals surface area contributed by atoms with E-state index in [1.807, 2.05) is 0 Å².